The Kier molecular flexibility index (Phi) is 3.66. The van der Waals surface area contributed by atoms with Crippen LogP contribution in [0.15, 0.2) is 47.4 Å². The highest BCUT2D eigenvalue weighted by atomic mass is 16.5. The summed E-state index contributed by atoms with van der Waals surface area (Å²) in [6, 6.07) is 9.72. The van der Waals surface area contributed by atoms with E-state index in [1.165, 1.54) is 23.8 Å². The summed E-state index contributed by atoms with van der Waals surface area (Å²) in [6.45, 7) is 0.323. The number of ether oxygens (including phenoxy) is 1. The van der Waals surface area contributed by atoms with Crippen LogP contribution in [-0.2, 0) is 6.54 Å². The molecule has 98 valence electrons. The van der Waals surface area contributed by atoms with E-state index in [4.69, 9.17) is 9.84 Å². The molecule has 5 heteroatoms. The topological polar surface area (TPSA) is 68.5 Å². The van der Waals surface area contributed by atoms with Crippen molar-refractivity contribution in [3.63, 3.8) is 0 Å². The van der Waals surface area contributed by atoms with Gasteiger partial charge in [-0.25, -0.2) is 4.79 Å². The standard InChI is InChI=1S/C14H13NO4/c1-19-12-6-5-10(8-11(12)14(17)18)9-15-7-3-2-4-13(15)16/h2-8H,9H2,1H3,(H,17,18). The highest BCUT2D eigenvalue weighted by molar-refractivity contribution is 5.91. The van der Waals surface area contributed by atoms with Gasteiger partial charge in [0.1, 0.15) is 11.3 Å². The van der Waals surface area contributed by atoms with E-state index in [2.05, 4.69) is 0 Å². The van der Waals surface area contributed by atoms with Crippen molar-refractivity contribution < 1.29 is 14.6 Å². The minimum Gasteiger partial charge on any atom is -0.496 e. The summed E-state index contributed by atoms with van der Waals surface area (Å²) in [5, 5.41) is 9.09. The monoisotopic (exact) mass is 259 g/mol. The van der Waals surface area contributed by atoms with Gasteiger partial charge in [-0.3, -0.25) is 4.79 Å². The van der Waals surface area contributed by atoms with Crippen molar-refractivity contribution in [3.8, 4) is 5.75 Å². The number of aromatic carboxylic acids is 1. The van der Waals surface area contributed by atoms with Gasteiger partial charge in [0, 0.05) is 12.3 Å². The van der Waals surface area contributed by atoms with Crippen molar-refractivity contribution >= 4 is 5.97 Å². The quantitative estimate of drug-likeness (QED) is 0.905. The molecule has 0 bridgehead atoms. The van der Waals surface area contributed by atoms with Crippen LogP contribution in [0.1, 0.15) is 15.9 Å². The highest BCUT2D eigenvalue weighted by Gasteiger charge is 2.11. The second kappa shape index (κ2) is 5.39. The molecule has 0 atom stereocenters. The fourth-order valence-corrected chi connectivity index (χ4v) is 1.81. The van der Waals surface area contributed by atoms with Crippen LogP contribution in [0, 0.1) is 0 Å². The van der Waals surface area contributed by atoms with E-state index in [1.807, 2.05) is 0 Å². The van der Waals surface area contributed by atoms with Crippen molar-refractivity contribution in [3.05, 3.63) is 64.1 Å². The van der Waals surface area contributed by atoms with Gasteiger partial charge >= 0.3 is 5.97 Å². The molecule has 1 heterocycles. The molecule has 1 N–H and O–H groups in total. The summed E-state index contributed by atoms with van der Waals surface area (Å²) in [4.78, 5) is 22.7. The zero-order valence-electron chi connectivity index (χ0n) is 10.4. The fourth-order valence-electron chi connectivity index (χ4n) is 1.81. The van der Waals surface area contributed by atoms with Gasteiger partial charge in [-0.2, -0.15) is 0 Å². The number of carbonyl (C=O) groups is 1. The lowest BCUT2D eigenvalue weighted by atomic mass is 10.1. The number of methoxy groups -OCH3 is 1. The first-order valence-corrected chi connectivity index (χ1v) is 5.67. The van der Waals surface area contributed by atoms with Crippen molar-refractivity contribution in [2.45, 2.75) is 6.54 Å². The third kappa shape index (κ3) is 2.82. The maximum absolute atomic E-state index is 11.6. The molecule has 5 nitrogen and oxygen atoms in total. The zero-order valence-corrected chi connectivity index (χ0v) is 10.4. The molecule has 0 fully saturated rings. The van der Waals surface area contributed by atoms with Crippen LogP contribution >= 0.6 is 0 Å². The van der Waals surface area contributed by atoms with Gasteiger partial charge in [0.15, 0.2) is 0 Å². The minimum absolute atomic E-state index is 0.0870. The van der Waals surface area contributed by atoms with Crippen LogP contribution in [0.5, 0.6) is 5.75 Å². The van der Waals surface area contributed by atoms with E-state index in [0.717, 1.165) is 5.56 Å². The smallest absolute Gasteiger partial charge is 0.339 e. The second-order valence-electron chi connectivity index (χ2n) is 4.01. The lowest BCUT2D eigenvalue weighted by molar-refractivity contribution is 0.0693. The second-order valence-corrected chi connectivity index (χ2v) is 4.01. The molecule has 1 aromatic carbocycles. The molecule has 1 aromatic heterocycles. The number of hydrogen-bond donors (Lipinski definition) is 1. The number of pyridine rings is 1. The molecule has 0 amide bonds. The third-order valence-electron chi connectivity index (χ3n) is 2.75. The molecule has 2 rings (SSSR count). The number of aromatic nitrogens is 1. The van der Waals surface area contributed by atoms with Crippen molar-refractivity contribution in [1.29, 1.82) is 0 Å². The van der Waals surface area contributed by atoms with Gasteiger partial charge in [0.05, 0.1) is 13.7 Å². The number of hydrogen-bond acceptors (Lipinski definition) is 3. The van der Waals surface area contributed by atoms with Crippen LogP contribution < -0.4 is 10.3 Å². The number of benzene rings is 1. The number of nitrogens with zero attached hydrogens (tertiary/aromatic N) is 1. The van der Waals surface area contributed by atoms with Crippen molar-refractivity contribution in [1.82, 2.24) is 4.57 Å². The van der Waals surface area contributed by atoms with Gasteiger partial charge < -0.3 is 14.4 Å². The van der Waals surface area contributed by atoms with Crippen LogP contribution in [0.25, 0.3) is 0 Å². The lowest BCUT2D eigenvalue weighted by Gasteiger charge is -2.09. The summed E-state index contributed by atoms with van der Waals surface area (Å²) in [7, 11) is 1.42. The van der Waals surface area contributed by atoms with E-state index < -0.39 is 5.97 Å². The molecule has 0 spiro atoms. The Balaban J connectivity index is 2.37. The molecule has 0 radical (unpaired) electrons. The molecular formula is C14H13NO4. The predicted octanol–water partition coefficient (Wildman–Crippen LogP) is 1.60. The van der Waals surface area contributed by atoms with E-state index in [1.54, 1.807) is 30.5 Å². The molecular weight excluding hydrogens is 246 g/mol. The van der Waals surface area contributed by atoms with Crippen LogP contribution in [-0.4, -0.2) is 22.8 Å². The summed E-state index contributed by atoms with van der Waals surface area (Å²) in [6.07, 6.45) is 1.66. The van der Waals surface area contributed by atoms with E-state index in [0.29, 0.717) is 12.3 Å². The Hall–Kier alpha value is -2.56. The summed E-state index contributed by atoms with van der Waals surface area (Å²) < 4.78 is 6.49. The molecule has 2 aromatic rings. The largest absolute Gasteiger partial charge is 0.496 e. The third-order valence-corrected chi connectivity index (χ3v) is 2.75. The Morgan fingerprint density at radius 2 is 2.11 bits per heavy atom. The Morgan fingerprint density at radius 1 is 1.32 bits per heavy atom. The summed E-state index contributed by atoms with van der Waals surface area (Å²) in [5.74, 6) is -0.754. The number of rotatable bonds is 4. The number of carboxylic acid groups (broad SMARTS) is 1. The van der Waals surface area contributed by atoms with E-state index >= 15 is 0 Å². The van der Waals surface area contributed by atoms with Crippen molar-refractivity contribution in [2.24, 2.45) is 0 Å². The summed E-state index contributed by atoms with van der Waals surface area (Å²) in [5.41, 5.74) is 0.686. The zero-order chi connectivity index (χ0) is 13.8. The number of carboxylic acids is 1. The van der Waals surface area contributed by atoms with Crippen molar-refractivity contribution in [2.75, 3.05) is 7.11 Å². The maximum Gasteiger partial charge on any atom is 0.339 e. The van der Waals surface area contributed by atoms with Gasteiger partial charge in [0.25, 0.3) is 5.56 Å². The Labute approximate surface area is 109 Å². The average molecular weight is 259 g/mol. The molecule has 0 aliphatic carbocycles. The first-order chi connectivity index (χ1) is 9.11. The fraction of sp³-hybridized carbons (Fsp3) is 0.143. The molecule has 19 heavy (non-hydrogen) atoms. The molecule has 0 saturated carbocycles. The Morgan fingerprint density at radius 3 is 2.74 bits per heavy atom. The van der Waals surface area contributed by atoms with E-state index in [9.17, 15) is 9.59 Å². The predicted molar refractivity (Wildman–Crippen MR) is 69.8 cm³/mol. The van der Waals surface area contributed by atoms with Crippen LogP contribution in [0.4, 0.5) is 0 Å². The van der Waals surface area contributed by atoms with Crippen LogP contribution in [0.2, 0.25) is 0 Å². The molecule has 0 aliphatic rings. The maximum atomic E-state index is 11.6. The molecule has 0 aliphatic heterocycles. The van der Waals surface area contributed by atoms with Gasteiger partial charge in [-0.1, -0.05) is 12.1 Å². The Bertz CT molecular complexity index is 660. The highest BCUT2D eigenvalue weighted by Crippen LogP contribution is 2.20. The normalized spacial score (nSPS) is 10.2. The first kappa shape index (κ1) is 12.9. The molecule has 0 saturated heterocycles. The summed E-state index contributed by atoms with van der Waals surface area (Å²) >= 11 is 0. The van der Waals surface area contributed by atoms with E-state index in [-0.39, 0.29) is 11.1 Å². The average Bonchev–Trinajstić information content (AvgIpc) is 2.41. The molecule has 0 unspecified atom stereocenters. The van der Waals surface area contributed by atoms with Gasteiger partial charge in [0.2, 0.25) is 0 Å². The van der Waals surface area contributed by atoms with Crippen LogP contribution in [0.3, 0.4) is 0 Å². The minimum atomic E-state index is -1.06. The van der Waals surface area contributed by atoms with Gasteiger partial charge in [-0.15, -0.1) is 0 Å². The first-order valence-electron chi connectivity index (χ1n) is 5.67. The lowest BCUT2D eigenvalue weighted by Crippen LogP contribution is -2.18. The SMILES string of the molecule is COc1ccc(Cn2ccccc2=O)cc1C(=O)O. The van der Waals surface area contributed by atoms with Gasteiger partial charge in [-0.05, 0) is 23.8 Å².